The molecule has 118 valence electrons. The molecule has 2 nitrogen and oxygen atoms in total. The highest BCUT2D eigenvalue weighted by Crippen LogP contribution is 2.37. The van der Waals surface area contributed by atoms with Gasteiger partial charge in [0.05, 0.1) is 0 Å². The lowest BCUT2D eigenvalue weighted by Gasteiger charge is -2.36. The second-order valence-corrected chi connectivity index (χ2v) is 12.0. The van der Waals surface area contributed by atoms with E-state index in [2.05, 4.69) is 33.9 Å². The molecule has 0 radical (unpaired) electrons. The van der Waals surface area contributed by atoms with E-state index in [1.54, 1.807) is 0 Å². The molecule has 0 aliphatic rings. The van der Waals surface area contributed by atoms with Crippen LogP contribution < -0.4 is 4.43 Å². The van der Waals surface area contributed by atoms with Crippen LogP contribution in [-0.2, 0) is 0 Å². The van der Waals surface area contributed by atoms with E-state index < -0.39 is 14.4 Å². The fourth-order valence-electron chi connectivity index (χ4n) is 1.99. The van der Waals surface area contributed by atoms with Crippen LogP contribution in [0.5, 0.6) is 5.75 Å². The summed E-state index contributed by atoms with van der Waals surface area (Å²) < 4.78 is 6.26. The minimum atomic E-state index is -1.82. The molecule has 0 aromatic heterocycles. The van der Waals surface area contributed by atoms with Gasteiger partial charge in [0.1, 0.15) is 11.9 Å². The maximum absolute atomic E-state index is 10.4. The zero-order valence-electron chi connectivity index (χ0n) is 14.1. The van der Waals surface area contributed by atoms with Gasteiger partial charge in [0.25, 0.3) is 0 Å². The van der Waals surface area contributed by atoms with Gasteiger partial charge in [-0.15, -0.1) is 0 Å². The molecule has 3 heteroatoms. The summed E-state index contributed by atoms with van der Waals surface area (Å²) in [6.45, 7) is 11.2. The van der Waals surface area contributed by atoms with E-state index in [9.17, 15) is 5.11 Å². The Labute approximate surface area is 134 Å². The molecule has 0 aliphatic heterocycles. The molecule has 0 bridgehead atoms. The summed E-state index contributed by atoms with van der Waals surface area (Å²) in [6.07, 6.45) is -0.594. The van der Waals surface area contributed by atoms with E-state index in [4.69, 9.17) is 4.43 Å². The predicted octanol–water partition coefficient (Wildman–Crippen LogP) is 5.15. The molecule has 0 spiro atoms. The molecular formula is C19H26O2Si. The van der Waals surface area contributed by atoms with Crippen molar-refractivity contribution in [2.75, 3.05) is 0 Å². The first-order chi connectivity index (χ1) is 10.2. The van der Waals surface area contributed by atoms with Crippen molar-refractivity contribution in [2.45, 2.75) is 45.0 Å². The van der Waals surface area contributed by atoms with Crippen LogP contribution in [0.3, 0.4) is 0 Å². The van der Waals surface area contributed by atoms with E-state index in [1.165, 1.54) is 0 Å². The molecule has 2 rings (SSSR count). The fourth-order valence-corrected chi connectivity index (χ4v) is 3.03. The Bertz CT molecular complexity index is 598. The van der Waals surface area contributed by atoms with Crippen LogP contribution in [0.25, 0.3) is 0 Å². The molecule has 1 N–H and O–H groups in total. The molecule has 0 amide bonds. The van der Waals surface area contributed by atoms with Gasteiger partial charge in [-0.3, -0.25) is 0 Å². The van der Waals surface area contributed by atoms with Crippen molar-refractivity contribution < 1.29 is 9.53 Å². The van der Waals surface area contributed by atoms with Gasteiger partial charge in [-0.25, -0.2) is 0 Å². The van der Waals surface area contributed by atoms with Gasteiger partial charge in [0, 0.05) is 0 Å². The zero-order valence-corrected chi connectivity index (χ0v) is 15.1. The molecule has 0 fully saturated rings. The second-order valence-electron chi connectivity index (χ2n) is 7.24. The van der Waals surface area contributed by atoms with Gasteiger partial charge in [-0.1, -0.05) is 63.2 Å². The van der Waals surface area contributed by atoms with E-state index >= 15 is 0 Å². The number of aliphatic hydroxyl groups excluding tert-OH is 1. The Morgan fingerprint density at radius 1 is 0.864 bits per heavy atom. The minimum absolute atomic E-state index is 0.176. The van der Waals surface area contributed by atoms with E-state index in [0.717, 1.165) is 16.9 Å². The maximum atomic E-state index is 10.4. The van der Waals surface area contributed by atoms with Gasteiger partial charge < -0.3 is 9.53 Å². The molecule has 0 saturated carbocycles. The van der Waals surface area contributed by atoms with Crippen molar-refractivity contribution in [3.63, 3.8) is 0 Å². The average molecular weight is 315 g/mol. The van der Waals surface area contributed by atoms with Crippen LogP contribution in [0, 0.1) is 0 Å². The maximum Gasteiger partial charge on any atom is 0.250 e. The highest BCUT2D eigenvalue weighted by atomic mass is 28.4. The second kappa shape index (κ2) is 6.27. The first kappa shape index (κ1) is 16.8. The summed E-state index contributed by atoms with van der Waals surface area (Å²) in [5.74, 6) is 0.885. The number of rotatable bonds is 4. The first-order valence-corrected chi connectivity index (χ1v) is 10.6. The molecule has 22 heavy (non-hydrogen) atoms. The Morgan fingerprint density at radius 2 is 1.36 bits per heavy atom. The Kier molecular flexibility index (Phi) is 4.78. The summed E-state index contributed by atoms with van der Waals surface area (Å²) in [5, 5.41) is 10.6. The zero-order chi connectivity index (χ0) is 16.4. The lowest BCUT2D eigenvalue weighted by atomic mass is 10.0. The van der Waals surface area contributed by atoms with E-state index in [1.807, 2.05) is 54.6 Å². The van der Waals surface area contributed by atoms with Crippen LogP contribution in [0.15, 0.2) is 54.6 Å². The fraction of sp³-hybridized carbons (Fsp3) is 0.368. The molecule has 1 atom stereocenters. The molecule has 1 unspecified atom stereocenters. The third-order valence-electron chi connectivity index (χ3n) is 4.49. The number of benzene rings is 2. The van der Waals surface area contributed by atoms with Crippen molar-refractivity contribution >= 4 is 8.32 Å². The average Bonchev–Trinajstić information content (AvgIpc) is 2.47. The smallest absolute Gasteiger partial charge is 0.250 e. The lowest BCUT2D eigenvalue weighted by molar-refractivity contribution is 0.220. The molecule has 0 saturated heterocycles. The number of hydrogen-bond acceptors (Lipinski definition) is 2. The largest absolute Gasteiger partial charge is 0.544 e. The Hall–Kier alpha value is -1.58. The molecule has 2 aromatic rings. The van der Waals surface area contributed by atoms with Crippen LogP contribution >= 0.6 is 0 Å². The highest BCUT2D eigenvalue weighted by molar-refractivity contribution is 6.74. The van der Waals surface area contributed by atoms with Crippen molar-refractivity contribution in [3.8, 4) is 5.75 Å². The van der Waals surface area contributed by atoms with Gasteiger partial charge in [0.2, 0.25) is 8.32 Å². The quantitative estimate of drug-likeness (QED) is 0.791. The summed E-state index contributed by atoms with van der Waals surface area (Å²) in [5.41, 5.74) is 1.79. The van der Waals surface area contributed by atoms with Gasteiger partial charge in [0.15, 0.2) is 0 Å². The normalized spacial score (nSPS) is 13.7. The molecule has 0 aliphatic carbocycles. The van der Waals surface area contributed by atoms with Gasteiger partial charge in [-0.2, -0.15) is 0 Å². The van der Waals surface area contributed by atoms with Crippen molar-refractivity contribution in [2.24, 2.45) is 0 Å². The van der Waals surface area contributed by atoms with Crippen molar-refractivity contribution in [1.82, 2.24) is 0 Å². The van der Waals surface area contributed by atoms with Crippen LogP contribution in [-0.4, -0.2) is 13.4 Å². The summed E-state index contributed by atoms with van der Waals surface area (Å²) in [6, 6.07) is 17.5. The summed E-state index contributed by atoms with van der Waals surface area (Å²) in [4.78, 5) is 0. The van der Waals surface area contributed by atoms with Crippen LogP contribution in [0.2, 0.25) is 18.1 Å². The van der Waals surface area contributed by atoms with Crippen LogP contribution in [0.4, 0.5) is 0 Å². The number of aliphatic hydroxyl groups is 1. The summed E-state index contributed by atoms with van der Waals surface area (Å²) >= 11 is 0. The summed E-state index contributed by atoms with van der Waals surface area (Å²) in [7, 11) is -1.82. The molecule has 0 heterocycles. The van der Waals surface area contributed by atoms with Crippen molar-refractivity contribution in [1.29, 1.82) is 0 Å². The van der Waals surface area contributed by atoms with E-state index in [0.29, 0.717) is 0 Å². The monoisotopic (exact) mass is 314 g/mol. The topological polar surface area (TPSA) is 29.5 Å². The van der Waals surface area contributed by atoms with Crippen LogP contribution in [0.1, 0.15) is 38.0 Å². The minimum Gasteiger partial charge on any atom is -0.544 e. The standard InChI is InChI=1S/C19H26O2Si/c1-19(2,3)22(4,5)21-17-13-11-16(12-14-17)18(20)15-9-7-6-8-10-15/h6-14,18,20H,1-5H3. The highest BCUT2D eigenvalue weighted by Gasteiger charge is 2.38. The first-order valence-electron chi connectivity index (χ1n) is 7.73. The molecule has 2 aromatic carbocycles. The number of hydrogen-bond donors (Lipinski definition) is 1. The predicted molar refractivity (Wildman–Crippen MR) is 94.8 cm³/mol. The van der Waals surface area contributed by atoms with Gasteiger partial charge >= 0.3 is 0 Å². The third-order valence-corrected chi connectivity index (χ3v) is 8.85. The van der Waals surface area contributed by atoms with Gasteiger partial charge in [-0.05, 0) is 41.4 Å². The van der Waals surface area contributed by atoms with Crippen molar-refractivity contribution in [3.05, 3.63) is 65.7 Å². The third kappa shape index (κ3) is 3.79. The SMILES string of the molecule is CC(C)(C)[Si](C)(C)Oc1ccc(C(O)c2ccccc2)cc1. The lowest BCUT2D eigenvalue weighted by Crippen LogP contribution is -2.43. The van der Waals surface area contributed by atoms with E-state index in [-0.39, 0.29) is 5.04 Å². The molecular weight excluding hydrogens is 288 g/mol. The Morgan fingerprint density at radius 3 is 1.86 bits per heavy atom. The Balaban J connectivity index is 2.14.